The first-order valence-corrected chi connectivity index (χ1v) is 5.53. The molecule has 0 aromatic heterocycles. The first kappa shape index (κ1) is 10.4. The highest BCUT2D eigenvalue weighted by Crippen LogP contribution is 2.13. The minimum absolute atomic E-state index is 0.00358. The van der Waals surface area contributed by atoms with E-state index in [0.717, 1.165) is 19.6 Å². The van der Waals surface area contributed by atoms with Crippen LogP contribution in [-0.2, 0) is 9.59 Å². The summed E-state index contributed by atoms with van der Waals surface area (Å²) in [6.07, 6.45) is 1.13. The van der Waals surface area contributed by atoms with E-state index in [4.69, 9.17) is 0 Å². The molecule has 15 heavy (non-hydrogen) atoms. The number of rotatable bonds is 3. The molecule has 2 amide bonds. The summed E-state index contributed by atoms with van der Waals surface area (Å²) in [6, 6.07) is 0.0399. The number of likely N-dealkylation sites (N-methyl/N-ethyl adjacent to an activating group) is 1. The van der Waals surface area contributed by atoms with Crippen LogP contribution in [0.25, 0.3) is 0 Å². The van der Waals surface area contributed by atoms with E-state index in [2.05, 4.69) is 10.6 Å². The van der Waals surface area contributed by atoms with Gasteiger partial charge in [-0.25, -0.2) is 0 Å². The van der Waals surface area contributed by atoms with Crippen LogP contribution in [0.1, 0.15) is 19.8 Å². The van der Waals surface area contributed by atoms with Crippen molar-refractivity contribution in [3.63, 3.8) is 0 Å². The Hall–Kier alpha value is -1.10. The van der Waals surface area contributed by atoms with Crippen molar-refractivity contribution in [1.29, 1.82) is 0 Å². The van der Waals surface area contributed by atoms with Gasteiger partial charge in [0.1, 0.15) is 6.04 Å². The van der Waals surface area contributed by atoms with Crippen LogP contribution in [0.15, 0.2) is 0 Å². The normalized spacial score (nSPS) is 25.9. The molecule has 0 radical (unpaired) electrons. The SMILES string of the molecule is CCN(C(=O)C1CCC(=O)N1)C1CNC1. The molecule has 2 saturated heterocycles. The van der Waals surface area contributed by atoms with Gasteiger partial charge in [-0.2, -0.15) is 0 Å². The monoisotopic (exact) mass is 211 g/mol. The minimum Gasteiger partial charge on any atom is -0.344 e. The molecule has 0 saturated carbocycles. The summed E-state index contributed by atoms with van der Waals surface area (Å²) in [5.74, 6) is 0.0750. The van der Waals surface area contributed by atoms with Crippen molar-refractivity contribution in [2.24, 2.45) is 0 Å². The van der Waals surface area contributed by atoms with Gasteiger partial charge in [-0.05, 0) is 13.3 Å². The first-order valence-electron chi connectivity index (χ1n) is 5.53. The zero-order chi connectivity index (χ0) is 10.8. The van der Waals surface area contributed by atoms with Crippen molar-refractivity contribution in [3.8, 4) is 0 Å². The van der Waals surface area contributed by atoms with Crippen molar-refractivity contribution in [3.05, 3.63) is 0 Å². The van der Waals surface area contributed by atoms with Gasteiger partial charge in [-0.15, -0.1) is 0 Å². The molecular formula is C10H17N3O2. The van der Waals surface area contributed by atoms with E-state index in [1.165, 1.54) is 0 Å². The smallest absolute Gasteiger partial charge is 0.245 e. The Morgan fingerprint density at radius 2 is 2.27 bits per heavy atom. The van der Waals surface area contributed by atoms with E-state index in [9.17, 15) is 9.59 Å². The lowest BCUT2D eigenvalue weighted by Gasteiger charge is -2.38. The molecule has 0 aromatic rings. The summed E-state index contributed by atoms with van der Waals surface area (Å²) in [5, 5.41) is 5.87. The largest absolute Gasteiger partial charge is 0.344 e. The summed E-state index contributed by atoms with van der Waals surface area (Å²) in [7, 11) is 0. The van der Waals surface area contributed by atoms with E-state index in [-0.39, 0.29) is 17.9 Å². The number of hydrogen-bond donors (Lipinski definition) is 2. The van der Waals surface area contributed by atoms with Gasteiger partial charge in [0.15, 0.2) is 0 Å². The predicted octanol–water partition coefficient (Wildman–Crippen LogP) is -0.915. The number of nitrogens with one attached hydrogen (secondary N) is 2. The van der Waals surface area contributed by atoms with Crippen molar-refractivity contribution in [1.82, 2.24) is 15.5 Å². The van der Waals surface area contributed by atoms with Gasteiger partial charge in [0.25, 0.3) is 0 Å². The van der Waals surface area contributed by atoms with Gasteiger partial charge < -0.3 is 15.5 Å². The van der Waals surface area contributed by atoms with Crippen LogP contribution < -0.4 is 10.6 Å². The second-order valence-electron chi connectivity index (χ2n) is 4.10. The Kier molecular flexibility index (Phi) is 2.90. The van der Waals surface area contributed by atoms with Crippen molar-refractivity contribution in [2.75, 3.05) is 19.6 Å². The maximum Gasteiger partial charge on any atom is 0.245 e. The molecular weight excluding hydrogens is 194 g/mol. The fraction of sp³-hybridized carbons (Fsp3) is 0.800. The topological polar surface area (TPSA) is 61.4 Å². The zero-order valence-corrected chi connectivity index (χ0v) is 8.95. The summed E-state index contributed by atoms with van der Waals surface area (Å²) in [4.78, 5) is 24.9. The third-order valence-electron chi connectivity index (χ3n) is 3.12. The van der Waals surface area contributed by atoms with Crippen molar-refractivity contribution in [2.45, 2.75) is 31.8 Å². The number of carbonyl (C=O) groups is 2. The molecule has 2 rings (SSSR count). The van der Waals surface area contributed by atoms with Crippen LogP contribution in [0.3, 0.4) is 0 Å². The second kappa shape index (κ2) is 4.18. The van der Waals surface area contributed by atoms with Gasteiger partial charge in [-0.3, -0.25) is 9.59 Å². The van der Waals surface area contributed by atoms with Crippen molar-refractivity contribution < 1.29 is 9.59 Å². The van der Waals surface area contributed by atoms with Gasteiger partial charge in [-0.1, -0.05) is 0 Å². The molecule has 5 heteroatoms. The lowest BCUT2D eigenvalue weighted by molar-refractivity contribution is -0.137. The highest BCUT2D eigenvalue weighted by molar-refractivity contribution is 5.91. The molecule has 0 aliphatic carbocycles. The summed E-state index contributed by atoms with van der Waals surface area (Å²) < 4.78 is 0. The molecule has 0 aromatic carbocycles. The molecule has 0 bridgehead atoms. The molecule has 0 spiro atoms. The summed E-state index contributed by atoms with van der Waals surface area (Å²) in [6.45, 7) is 4.45. The second-order valence-corrected chi connectivity index (χ2v) is 4.10. The van der Waals surface area contributed by atoms with E-state index >= 15 is 0 Å². The van der Waals surface area contributed by atoms with Gasteiger partial charge >= 0.3 is 0 Å². The number of carbonyl (C=O) groups excluding carboxylic acids is 2. The average Bonchev–Trinajstić information content (AvgIpc) is 2.57. The molecule has 84 valence electrons. The molecule has 5 nitrogen and oxygen atoms in total. The fourth-order valence-electron chi connectivity index (χ4n) is 2.09. The molecule has 2 fully saturated rings. The standard InChI is InChI=1S/C10H17N3O2/c1-2-13(7-5-11-6-7)10(15)8-3-4-9(14)12-8/h7-8,11H,2-6H2,1H3,(H,12,14). The van der Waals surface area contributed by atoms with Crippen LogP contribution in [0.2, 0.25) is 0 Å². The Labute approximate surface area is 89.2 Å². The van der Waals surface area contributed by atoms with Crippen LogP contribution >= 0.6 is 0 Å². The molecule has 2 heterocycles. The lowest BCUT2D eigenvalue weighted by Crippen LogP contribution is -2.61. The maximum atomic E-state index is 12.0. The Balaban J connectivity index is 1.95. The summed E-state index contributed by atoms with van der Waals surface area (Å²) >= 11 is 0. The average molecular weight is 211 g/mol. The van der Waals surface area contributed by atoms with Crippen LogP contribution in [0.5, 0.6) is 0 Å². The van der Waals surface area contributed by atoms with Crippen molar-refractivity contribution >= 4 is 11.8 Å². The lowest BCUT2D eigenvalue weighted by atomic mass is 10.1. The number of nitrogens with zero attached hydrogens (tertiary/aromatic N) is 1. The van der Waals surface area contributed by atoms with E-state index < -0.39 is 0 Å². The van der Waals surface area contributed by atoms with E-state index in [1.54, 1.807) is 0 Å². The fourth-order valence-corrected chi connectivity index (χ4v) is 2.09. The van der Waals surface area contributed by atoms with Crippen LogP contribution in [0.4, 0.5) is 0 Å². The Bertz CT molecular complexity index is 276. The minimum atomic E-state index is -0.280. The van der Waals surface area contributed by atoms with Gasteiger partial charge in [0.2, 0.25) is 11.8 Å². The van der Waals surface area contributed by atoms with E-state index in [0.29, 0.717) is 18.9 Å². The van der Waals surface area contributed by atoms with Gasteiger partial charge in [0, 0.05) is 26.1 Å². The van der Waals surface area contributed by atoms with Crippen LogP contribution in [-0.4, -0.2) is 48.4 Å². The highest BCUT2D eigenvalue weighted by atomic mass is 16.2. The zero-order valence-electron chi connectivity index (χ0n) is 8.95. The van der Waals surface area contributed by atoms with Gasteiger partial charge in [0.05, 0.1) is 6.04 Å². The molecule has 2 aliphatic heterocycles. The number of amides is 2. The molecule has 2 aliphatic rings. The quantitative estimate of drug-likeness (QED) is 0.635. The molecule has 1 unspecified atom stereocenters. The molecule has 1 atom stereocenters. The Morgan fingerprint density at radius 3 is 2.67 bits per heavy atom. The highest BCUT2D eigenvalue weighted by Gasteiger charge is 2.34. The third-order valence-corrected chi connectivity index (χ3v) is 3.12. The maximum absolute atomic E-state index is 12.0. The Morgan fingerprint density at radius 1 is 1.53 bits per heavy atom. The van der Waals surface area contributed by atoms with E-state index in [1.807, 2.05) is 11.8 Å². The predicted molar refractivity (Wildman–Crippen MR) is 55.2 cm³/mol. The first-order chi connectivity index (χ1) is 7.22. The van der Waals surface area contributed by atoms with Crippen LogP contribution in [0, 0.1) is 0 Å². The number of hydrogen-bond acceptors (Lipinski definition) is 3. The third kappa shape index (κ3) is 1.97. The molecule has 2 N–H and O–H groups in total. The summed E-state index contributed by atoms with van der Waals surface area (Å²) in [5.41, 5.74) is 0.